The van der Waals surface area contributed by atoms with Gasteiger partial charge >= 0.3 is 0 Å². The molecule has 0 aromatic heterocycles. The zero-order valence-corrected chi connectivity index (χ0v) is 17.8. The Labute approximate surface area is 165 Å². The molecule has 1 aliphatic rings. The van der Waals surface area contributed by atoms with Gasteiger partial charge in [0, 0.05) is 24.0 Å². The van der Waals surface area contributed by atoms with Gasteiger partial charge in [-0.1, -0.05) is 39.0 Å². The molecule has 0 fully saturated rings. The Morgan fingerprint density at radius 2 is 1.85 bits per heavy atom. The second-order valence-corrected chi connectivity index (χ2v) is 8.64. The second-order valence-electron chi connectivity index (χ2n) is 8.64. The average Bonchev–Trinajstić information content (AvgIpc) is 2.66. The van der Waals surface area contributed by atoms with E-state index in [1.807, 2.05) is 6.21 Å². The third-order valence-electron chi connectivity index (χ3n) is 6.16. The molecule has 2 aromatic carbocycles. The maximum Gasteiger partial charge on any atom is 0.0630 e. The lowest BCUT2D eigenvalue weighted by atomic mass is 9.79. The second kappa shape index (κ2) is 7.88. The Morgan fingerprint density at radius 3 is 2.48 bits per heavy atom. The van der Waals surface area contributed by atoms with Crippen molar-refractivity contribution in [3.63, 3.8) is 0 Å². The minimum atomic E-state index is 0.216. The Kier molecular flexibility index (Phi) is 5.74. The molecular weight excluding hydrogens is 328 g/mol. The molecule has 3 rings (SSSR count). The average molecular weight is 363 g/mol. The van der Waals surface area contributed by atoms with Crippen molar-refractivity contribution in [1.29, 1.82) is 0 Å². The zero-order chi connectivity index (χ0) is 19.6. The fourth-order valence-electron chi connectivity index (χ4n) is 4.46. The monoisotopic (exact) mass is 362 g/mol. The fraction of sp³-hybridized carbons (Fsp3) is 0.480. The number of nitrogens with zero attached hydrogens (tertiary/aromatic N) is 2. The molecule has 2 heteroatoms. The molecule has 0 bridgehead atoms. The van der Waals surface area contributed by atoms with E-state index in [0.717, 1.165) is 12.2 Å². The highest BCUT2D eigenvalue weighted by Crippen LogP contribution is 2.43. The third-order valence-corrected chi connectivity index (χ3v) is 6.16. The first-order valence-corrected chi connectivity index (χ1v) is 10.4. The van der Waals surface area contributed by atoms with Crippen molar-refractivity contribution >= 4 is 17.6 Å². The number of hydrogen-bond donors (Lipinski definition) is 0. The van der Waals surface area contributed by atoms with E-state index in [1.165, 1.54) is 35.2 Å². The van der Waals surface area contributed by atoms with Crippen LogP contribution in [0.3, 0.4) is 0 Å². The van der Waals surface area contributed by atoms with E-state index in [4.69, 9.17) is 4.99 Å². The lowest BCUT2D eigenvalue weighted by molar-refractivity contribution is 0.381. The molecule has 2 nitrogen and oxygen atoms in total. The van der Waals surface area contributed by atoms with Gasteiger partial charge in [-0.2, -0.15) is 0 Å². The van der Waals surface area contributed by atoms with Crippen molar-refractivity contribution in [3.05, 3.63) is 59.2 Å². The largest absolute Gasteiger partial charge is 0.366 e. The molecule has 144 valence electrons. The van der Waals surface area contributed by atoms with Crippen LogP contribution in [0.2, 0.25) is 0 Å². The van der Waals surface area contributed by atoms with Crippen LogP contribution in [0.25, 0.3) is 0 Å². The first kappa shape index (κ1) is 19.7. The maximum atomic E-state index is 4.71. The maximum absolute atomic E-state index is 4.71. The van der Waals surface area contributed by atoms with Crippen molar-refractivity contribution in [2.45, 2.75) is 71.8 Å². The molecule has 0 saturated heterocycles. The van der Waals surface area contributed by atoms with Gasteiger partial charge in [-0.25, -0.2) is 0 Å². The van der Waals surface area contributed by atoms with E-state index >= 15 is 0 Å². The van der Waals surface area contributed by atoms with Gasteiger partial charge in [0.25, 0.3) is 0 Å². The van der Waals surface area contributed by atoms with Crippen molar-refractivity contribution < 1.29 is 0 Å². The van der Waals surface area contributed by atoms with Gasteiger partial charge in [0.15, 0.2) is 0 Å². The van der Waals surface area contributed by atoms with Crippen molar-refractivity contribution in [2.24, 2.45) is 4.99 Å². The summed E-state index contributed by atoms with van der Waals surface area (Å²) >= 11 is 0. The molecule has 0 amide bonds. The third kappa shape index (κ3) is 4.10. The number of rotatable bonds is 5. The van der Waals surface area contributed by atoms with E-state index in [2.05, 4.69) is 88.9 Å². The molecule has 0 N–H and O–H groups in total. The summed E-state index contributed by atoms with van der Waals surface area (Å²) in [5.41, 5.74) is 6.64. The zero-order valence-electron chi connectivity index (χ0n) is 17.8. The van der Waals surface area contributed by atoms with Gasteiger partial charge in [0.1, 0.15) is 0 Å². The van der Waals surface area contributed by atoms with E-state index in [0.29, 0.717) is 11.8 Å². The van der Waals surface area contributed by atoms with E-state index in [9.17, 15) is 0 Å². The quantitative estimate of drug-likeness (QED) is 0.520. The predicted octanol–water partition coefficient (Wildman–Crippen LogP) is 7.06. The summed E-state index contributed by atoms with van der Waals surface area (Å²) < 4.78 is 0. The molecule has 0 aliphatic carbocycles. The smallest absolute Gasteiger partial charge is 0.0630 e. The van der Waals surface area contributed by atoms with Crippen LogP contribution in [-0.4, -0.2) is 18.3 Å². The Hall–Kier alpha value is -2.09. The van der Waals surface area contributed by atoms with Crippen molar-refractivity contribution in [2.75, 3.05) is 11.4 Å². The highest BCUT2D eigenvalue weighted by molar-refractivity contribution is 5.83. The highest BCUT2D eigenvalue weighted by atomic mass is 15.2. The van der Waals surface area contributed by atoms with E-state index in [-0.39, 0.29) is 5.54 Å². The standard InChI is InChI=1S/C25H34N2/c1-7-18(3)21-10-12-22(13-11-21)26-17-20-9-14-24-23(15-20)19(4)16-25(5,6)27(24)8-2/h9-15,17-19H,7-8,16H2,1-6H3. The summed E-state index contributed by atoms with van der Waals surface area (Å²) in [5, 5.41) is 0. The molecule has 0 radical (unpaired) electrons. The van der Waals surface area contributed by atoms with Gasteiger partial charge in [0.05, 0.1) is 5.69 Å². The molecule has 2 atom stereocenters. The molecule has 0 spiro atoms. The summed E-state index contributed by atoms with van der Waals surface area (Å²) in [4.78, 5) is 7.24. The van der Waals surface area contributed by atoms with Crippen molar-refractivity contribution in [1.82, 2.24) is 0 Å². The van der Waals surface area contributed by atoms with Crippen LogP contribution in [0.5, 0.6) is 0 Å². The molecule has 0 saturated carbocycles. The summed E-state index contributed by atoms with van der Waals surface area (Å²) in [6.45, 7) is 14.9. The first-order chi connectivity index (χ1) is 12.9. The van der Waals surface area contributed by atoms with Gasteiger partial charge in [-0.3, -0.25) is 4.99 Å². The van der Waals surface area contributed by atoms with Crippen LogP contribution < -0.4 is 4.90 Å². The fourth-order valence-corrected chi connectivity index (χ4v) is 4.46. The molecule has 2 aromatic rings. The Morgan fingerprint density at radius 1 is 1.15 bits per heavy atom. The van der Waals surface area contributed by atoms with E-state index < -0.39 is 0 Å². The Bertz CT molecular complexity index is 802. The predicted molar refractivity (Wildman–Crippen MR) is 119 cm³/mol. The van der Waals surface area contributed by atoms with Crippen LogP contribution in [0, 0.1) is 0 Å². The first-order valence-electron chi connectivity index (χ1n) is 10.4. The van der Waals surface area contributed by atoms with Gasteiger partial charge in [-0.05, 0) is 86.4 Å². The molecule has 27 heavy (non-hydrogen) atoms. The van der Waals surface area contributed by atoms with Crippen LogP contribution in [-0.2, 0) is 0 Å². The topological polar surface area (TPSA) is 15.6 Å². The lowest BCUT2D eigenvalue weighted by Crippen LogP contribution is -2.48. The SMILES string of the molecule is CCC(C)c1ccc(N=Cc2ccc3c(c2)C(C)CC(C)(C)N3CC)cc1. The van der Waals surface area contributed by atoms with Gasteiger partial charge in [0.2, 0.25) is 0 Å². The molecule has 1 aliphatic heterocycles. The number of benzene rings is 2. The number of anilines is 1. The minimum absolute atomic E-state index is 0.216. The minimum Gasteiger partial charge on any atom is -0.366 e. The molecular formula is C25H34N2. The summed E-state index contributed by atoms with van der Waals surface area (Å²) in [6.07, 6.45) is 4.36. The molecule has 1 heterocycles. The number of aliphatic imine (C=N–C) groups is 1. The van der Waals surface area contributed by atoms with Crippen LogP contribution in [0.15, 0.2) is 47.5 Å². The van der Waals surface area contributed by atoms with Crippen LogP contribution in [0.4, 0.5) is 11.4 Å². The van der Waals surface area contributed by atoms with Crippen LogP contribution >= 0.6 is 0 Å². The number of hydrogen-bond acceptors (Lipinski definition) is 2. The van der Waals surface area contributed by atoms with Gasteiger partial charge < -0.3 is 4.90 Å². The molecule has 2 unspecified atom stereocenters. The summed E-state index contributed by atoms with van der Waals surface area (Å²) in [7, 11) is 0. The normalized spacial score (nSPS) is 19.9. The van der Waals surface area contributed by atoms with Gasteiger partial charge in [-0.15, -0.1) is 0 Å². The summed E-state index contributed by atoms with van der Waals surface area (Å²) in [5.74, 6) is 1.18. The van der Waals surface area contributed by atoms with Crippen LogP contribution in [0.1, 0.15) is 82.9 Å². The van der Waals surface area contributed by atoms with Crippen molar-refractivity contribution in [3.8, 4) is 0 Å². The van der Waals surface area contributed by atoms with E-state index in [1.54, 1.807) is 0 Å². The Balaban J connectivity index is 1.83. The lowest BCUT2D eigenvalue weighted by Gasteiger charge is -2.47. The summed E-state index contributed by atoms with van der Waals surface area (Å²) in [6, 6.07) is 15.5. The number of fused-ring (bicyclic) bond motifs is 1. The highest BCUT2D eigenvalue weighted by Gasteiger charge is 2.35.